The first-order valence-electron chi connectivity index (χ1n) is 10.3. The van der Waals surface area contributed by atoms with Gasteiger partial charge in [-0.1, -0.05) is 54.6 Å². The topological polar surface area (TPSA) is 71.2 Å². The van der Waals surface area contributed by atoms with Crippen LogP contribution in [0.15, 0.2) is 72.9 Å². The molecule has 2 aromatic heterocycles. The summed E-state index contributed by atoms with van der Waals surface area (Å²) >= 11 is 0. The van der Waals surface area contributed by atoms with E-state index in [0.29, 0.717) is 5.69 Å². The lowest BCUT2D eigenvalue weighted by Crippen LogP contribution is -2.47. The third-order valence-electron chi connectivity index (χ3n) is 5.63. The van der Waals surface area contributed by atoms with Crippen molar-refractivity contribution in [1.29, 1.82) is 0 Å². The number of nitrogens with two attached hydrogens (primary N) is 1. The van der Waals surface area contributed by atoms with Crippen molar-refractivity contribution >= 4 is 28.1 Å². The van der Waals surface area contributed by atoms with E-state index >= 15 is 0 Å². The van der Waals surface area contributed by atoms with Gasteiger partial charge in [0.15, 0.2) is 5.82 Å². The molecule has 2 N–H and O–H groups in total. The lowest BCUT2D eigenvalue weighted by molar-refractivity contribution is 0.639. The molecule has 1 aliphatic rings. The summed E-state index contributed by atoms with van der Waals surface area (Å²) in [4.78, 5) is 9.07. The summed E-state index contributed by atoms with van der Waals surface area (Å²) in [6.07, 6.45) is 2.50. The predicted molar refractivity (Wildman–Crippen MR) is 122 cm³/mol. The predicted octanol–water partition coefficient (Wildman–Crippen LogP) is 3.52. The minimum absolute atomic E-state index is 0.690. The summed E-state index contributed by atoms with van der Waals surface area (Å²) in [7, 11) is 0. The molecular weight excluding hydrogens is 372 g/mol. The number of piperazine rings is 1. The molecule has 0 saturated carbocycles. The van der Waals surface area contributed by atoms with Crippen molar-refractivity contribution in [1.82, 2.24) is 15.2 Å². The van der Waals surface area contributed by atoms with Crippen LogP contribution in [0.5, 0.6) is 0 Å². The zero-order valence-electron chi connectivity index (χ0n) is 16.8. The van der Waals surface area contributed by atoms with Crippen LogP contribution < -0.4 is 15.5 Å². The second kappa shape index (κ2) is 7.99. The largest absolute Gasteiger partial charge is 0.397 e. The molecule has 5 rings (SSSR count). The van der Waals surface area contributed by atoms with Crippen LogP contribution >= 0.6 is 0 Å². The maximum atomic E-state index is 5.76. The van der Waals surface area contributed by atoms with E-state index in [1.807, 2.05) is 18.2 Å². The number of nitrogen functional groups attached to an aromatic ring is 1. The number of nitrogens with zero attached hydrogens (tertiary/aromatic N) is 5. The number of hydrogen-bond acceptors (Lipinski definition) is 6. The Bertz CT molecular complexity index is 1140. The quantitative estimate of drug-likeness (QED) is 0.569. The SMILES string of the molecule is Nc1ccc(N2CCN(c3nnc(Cc4ccccc4)c4ccccc34)CC2)nc1. The van der Waals surface area contributed by atoms with E-state index in [0.717, 1.165) is 55.3 Å². The van der Waals surface area contributed by atoms with E-state index in [9.17, 15) is 0 Å². The van der Waals surface area contributed by atoms with Crippen LogP contribution in [-0.2, 0) is 6.42 Å². The summed E-state index contributed by atoms with van der Waals surface area (Å²) in [5.41, 5.74) is 8.72. The van der Waals surface area contributed by atoms with Gasteiger partial charge in [-0.3, -0.25) is 0 Å². The number of fused-ring (bicyclic) bond motifs is 1. The van der Waals surface area contributed by atoms with E-state index in [1.165, 1.54) is 10.9 Å². The Hall–Kier alpha value is -3.67. The number of pyridine rings is 1. The molecule has 1 fully saturated rings. The average Bonchev–Trinajstić information content (AvgIpc) is 2.81. The fraction of sp³-hybridized carbons (Fsp3) is 0.208. The van der Waals surface area contributed by atoms with Crippen molar-refractivity contribution in [2.24, 2.45) is 0 Å². The van der Waals surface area contributed by atoms with Crippen LogP contribution in [0.1, 0.15) is 11.3 Å². The van der Waals surface area contributed by atoms with Crippen molar-refractivity contribution in [2.75, 3.05) is 41.7 Å². The van der Waals surface area contributed by atoms with E-state index < -0.39 is 0 Å². The molecule has 6 nitrogen and oxygen atoms in total. The van der Waals surface area contributed by atoms with Gasteiger partial charge in [-0.25, -0.2) is 4.98 Å². The molecule has 4 aromatic rings. The van der Waals surface area contributed by atoms with Crippen molar-refractivity contribution < 1.29 is 0 Å². The lowest BCUT2D eigenvalue weighted by atomic mass is 10.0. The summed E-state index contributed by atoms with van der Waals surface area (Å²) in [5, 5.41) is 11.6. The summed E-state index contributed by atoms with van der Waals surface area (Å²) in [5.74, 6) is 1.94. The Labute approximate surface area is 176 Å². The number of anilines is 3. The van der Waals surface area contributed by atoms with Crippen molar-refractivity contribution in [3.8, 4) is 0 Å². The fourth-order valence-corrected chi connectivity index (χ4v) is 4.03. The van der Waals surface area contributed by atoms with Crippen LogP contribution in [0.4, 0.5) is 17.3 Å². The standard InChI is InChI=1S/C24H24N6/c25-19-10-11-23(26-17-19)29-12-14-30(15-13-29)24-21-9-5-4-8-20(21)22(27-28-24)16-18-6-2-1-3-7-18/h1-11,17H,12-16,25H2. The first-order chi connectivity index (χ1) is 14.8. The van der Waals surface area contributed by atoms with Crippen LogP contribution in [0.3, 0.4) is 0 Å². The third kappa shape index (κ3) is 3.64. The summed E-state index contributed by atoms with van der Waals surface area (Å²) in [6, 6.07) is 22.8. The maximum Gasteiger partial charge on any atom is 0.159 e. The Morgan fingerprint density at radius 2 is 1.43 bits per heavy atom. The second-order valence-electron chi connectivity index (χ2n) is 7.60. The normalized spacial score (nSPS) is 14.3. The lowest BCUT2D eigenvalue weighted by Gasteiger charge is -2.36. The van der Waals surface area contributed by atoms with Crippen molar-refractivity contribution in [3.05, 3.63) is 84.2 Å². The van der Waals surface area contributed by atoms with E-state index in [4.69, 9.17) is 5.73 Å². The van der Waals surface area contributed by atoms with Crippen LogP contribution in [0.2, 0.25) is 0 Å². The molecule has 3 heterocycles. The van der Waals surface area contributed by atoms with Gasteiger partial charge in [-0.15, -0.1) is 5.10 Å². The molecule has 30 heavy (non-hydrogen) atoms. The van der Waals surface area contributed by atoms with Crippen LogP contribution in [0, 0.1) is 0 Å². The molecule has 1 saturated heterocycles. The molecule has 150 valence electrons. The van der Waals surface area contributed by atoms with Gasteiger partial charge in [0, 0.05) is 43.4 Å². The minimum Gasteiger partial charge on any atom is -0.397 e. The molecule has 0 atom stereocenters. The Kier molecular flexibility index (Phi) is 4.89. The third-order valence-corrected chi connectivity index (χ3v) is 5.63. The zero-order chi connectivity index (χ0) is 20.3. The number of aromatic nitrogens is 3. The Balaban J connectivity index is 1.39. The van der Waals surface area contributed by atoms with Crippen molar-refractivity contribution in [2.45, 2.75) is 6.42 Å². The van der Waals surface area contributed by atoms with Gasteiger partial charge >= 0.3 is 0 Å². The van der Waals surface area contributed by atoms with Gasteiger partial charge in [0.1, 0.15) is 5.82 Å². The average molecular weight is 396 g/mol. The number of hydrogen-bond donors (Lipinski definition) is 1. The Morgan fingerprint density at radius 1 is 0.733 bits per heavy atom. The molecule has 6 heteroatoms. The maximum absolute atomic E-state index is 5.76. The molecule has 0 radical (unpaired) electrons. The molecule has 0 unspecified atom stereocenters. The highest BCUT2D eigenvalue weighted by Crippen LogP contribution is 2.28. The van der Waals surface area contributed by atoms with Gasteiger partial charge in [-0.05, 0) is 17.7 Å². The minimum atomic E-state index is 0.690. The molecule has 0 aliphatic carbocycles. The van der Waals surface area contributed by atoms with E-state index in [2.05, 4.69) is 73.5 Å². The first kappa shape index (κ1) is 18.4. The van der Waals surface area contributed by atoms with E-state index in [1.54, 1.807) is 6.20 Å². The second-order valence-corrected chi connectivity index (χ2v) is 7.60. The van der Waals surface area contributed by atoms with Gasteiger partial charge in [-0.2, -0.15) is 5.10 Å². The van der Waals surface area contributed by atoms with Gasteiger partial charge < -0.3 is 15.5 Å². The van der Waals surface area contributed by atoms with Crippen LogP contribution in [-0.4, -0.2) is 41.4 Å². The number of benzene rings is 2. The van der Waals surface area contributed by atoms with Gasteiger partial charge in [0.2, 0.25) is 0 Å². The fourth-order valence-electron chi connectivity index (χ4n) is 4.03. The smallest absolute Gasteiger partial charge is 0.159 e. The first-order valence-corrected chi connectivity index (χ1v) is 10.3. The highest BCUT2D eigenvalue weighted by Gasteiger charge is 2.22. The zero-order valence-corrected chi connectivity index (χ0v) is 16.8. The molecule has 0 spiro atoms. The number of rotatable bonds is 4. The monoisotopic (exact) mass is 396 g/mol. The molecule has 2 aromatic carbocycles. The van der Waals surface area contributed by atoms with Gasteiger partial charge in [0.25, 0.3) is 0 Å². The van der Waals surface area contributed by atoms with Crippen molar-refractivity contribution in [3.63, 3.8) is 0 Å². The van der Waals surface area contributed by atoms with Gasteiger partial charge in [0.05, 0.1) is 17.6 Å². The highest BCUT2D eigenvalue weighted by atomic mass is 15.3. The molecule has 0 amide bonds. The molecule has 1 aliphatic heterocycles. The van der Waals surface area contributed by atoms with E-state index in [-0.39, 0.29) is 0 Å². The Morgan fingerprint density at radius 3 is 2.17 bits per heavy atom. The summed E-state index contributed by atoms with van der Waals surface area (Å²) < 4.78 is 0. The highest BCUT2D eigenvalue weighted by molar-refractivity contribution is 5.93. The molecular formula is C24H24N6. The molecule has 0 bridgehead atoms. The van der Waals surface area contributed by atoms with Crippen LogP contribution in [0.25, 0.3) is 10.8 Å². The summed E-state index contributed by atoms with van der Waals surface area (Å²) in [6.45, 7) is 3.53.